The summed E-state index contributed by atoms with van der Waals surface area (Å²) in [6, 6.07) is 4.96. The predicted molar refractivity (Wildman–Crippen MR) is 69.9 cm³/mol. The summed E-state index contributed by atoms with van der Waals surface area (Å²) in [4.78, 5) is 13.0. The number of aromatic carboxylic acids is 1. The van der Waals surface area contributed by atoms with Crippen molar-refractivity contribution in [2.45, 2.75) is 25.4 Å². The van der Waals surface area contributed by atoms with E-state index in [1.54, 1.807) is 25.1 Å². The summed E-state index contributed by atoms with van der Waals surface area (Å²) < 4.78 is 0. The number of benzene rings is 1. The zero-order valence-electron chi connectivity index (χ0n) is 10.4. The molecule has 1 aliphatic heterocycles. The monoisotopic (exact) mass is 250 g/mol. The molecule has 4 N–H and O–H groups in total. The Morgan fingerprint density at radius 1 is 1.50 bits per heavy atom. The molecule has 1 saturated heterocycles. The Morgan fingerprint density at radius 3 is 2.83 bits per heavy atom. The van der Waals surface area contributed by atoms with Gasteiger partial charge in [0, 0.05) is 24.5 Å². The minimum Gasteiger partial charge on any atom is -0.478 e. The Balaban J connectivity index is 2.28. The Bertz CT molecular complexity index is 471. The highest BCUT2D eigenvalue weighted by molar-refractivity contribution is 5.94. The highest BCUT2D eigenvalue weighted by atomic mass is 16.4. The van der Waals surface area contributed by atoms with Gasteiger partial charge in [0.1, 0.15) is 0 Å². The molecule has 1 aliphatic rings. The number of nitrogens with two attached hydrogens (primary N) is 1. The van der Waals surface area contributed by atoms with Crippen LogP contribution in [0.4, 0.5) is 11.4 Å². The number of hydrogen-bond acceptors (Lipinski definition) is 4. The largest absolute Gasteiger partial charge is 0.478 e. The molecule has 5 nitrogen and oxygen atoms in total. The third kappa shape index (κ3) is 2.56. The minimum atomic E-state index is -1.03. The normalized spacial score (nSPS) is 24.0. The lowest BCUT2D eigenvalue weighted by Gasteiger charge is -2.38. The highest BCUT2D eigenvalue weighted by Gasteiger charge is 2.28. The first-order valence-electron chi connectivity index (χ1n) is 5.99. The average molecular weight is 250 g/mol. The molecule has 0 aromatic heterocycles. The molecule has 0 bridgehead atoms. The zero-order valence-corrected chi connectivity index (χ0v) is 10.4. The fraction of sp³-hybridized carbons (Fsp3) is 0.462. The van der Waals surface area contributed by atoms with E-state index in [4.69, 9.17) is 10.8 Å². The van der Waals surface area contributed by atoms with Gasteiger partial charge in [-0.25, -0.2) is 4.79 Å². The maximum absolute atomic E-state index is 11.0. The number of carboxylic acid groups (broad SMARTS) is 1. The Hall–Kier alpha value is -1.75. The number of carboxylic acids is 1. The maximum Gasteiger partial charge on any atom is 0.337 e. The van der Waals surface area contributed by atoms with Gasteiger partial charge in [-0.1, -0.05) is 0 Å². The molecule has 0 radical (unpaired) electrons. The summed E-state index contributed by atoms with van der Waals surface area (Å²) in [5.74, 6) is -1.03. The molecule has 1 aromatic rings. The summed E-state index contributed by atoms with van der Waals surface area (Å²) in [6.07, 6.45) is 1.66. The van der Waals surface area contributed by atoms with E-state index in [9.17, 15) is 9.90 Å². The molecule has 1 unspecified atom stereocenters. The van der Waals surface area contributed by atoms with Gasteiger partial charge in [-0.05, 0) is 38.0 Å². The van der Waals surface area contributed by atoms with Crippen LogP contribution in [0.1, 0.15) is 30.1 Å². The standard InChI is InChI=1S/C13H18N2O3/c1-13(18)5-2-6-15(8-13)9-3-4-11(14)10(7-9)12(16)17/h3-4,7,18H,2,5-6,8,14H2,1H3,(H,16,17). The second-order valence-electron chi connectivity index (χ2n) is 5.10. The number of carbonyl (C=O) groups is 1. The van der Waals surface area contributed by atoms with Gasteiger partial charge in [0.25, 0.3) is 0 Å². The lowest BCUT2D eigenvalue weighted by molar-refractivity contribution is 0.0449. The molecule has 98 valence electrons. The quantitative estimate of drug-likeness (QED) is 0.689. The first-order valence-corrected chi connectivity index (χ1v) is 5.99. The van der Waals surface area contributed by atoms with Crippen LogP contribution in [0.5, 0.6) is 0 Å². The number of anilines is 2. The Morgan fingerprint density at radius 2 is 2.22 bits per heavy atom. The van der Waals surface area contributed by atoms with E-state index in [-0.39, 0.29) is 11.3 Å². The van der Waals surface area contributed by atoms with Crippen molar-refractivity contribution in [3.05, 3.63) is 23.8 Å². The molecule has 1 aromatic carbocycles. The fourth-order valence-corrected chi connectivity index (χ4v) is 2.37. The van der Waals surface area contributed by atoms with Gasteiger partial charge in [0.15, 0.2) is 0 Å². The van der Waals surface area contributed by atoms with Crippen molar-refractivity contribution in [3.8, 4) is 0 Å². The van der Waals surface area contributed by atoms with Gasteiger partial charge < -0.3 is 20.8 Å². The van der Waals surface area contributed by atoms with Crippen molar-refractivity contribution in [3.63, 3.8) is 0 Å². The van der Waals surface area contributed by atoms with Crippen LogP contribution < -0.4 is 10.6 Å². The molecule has 2 rings (SSSR count). The summed E-state index contributed by atoms with van der Waals surface area (Å²) >= 11 is 0. The average Bonchev–Trinajstić information content (AvgIpc) is 2.27. The number of hydrogen-bond donors (Lipinski definition) is 3. The second-order valence-corrected chi connectivity index (χ2v) is 5.10. The van der Waals surface area contributed by atoms with Crippen molar-refractivity contribution < 1.29 is 15.0 Å². The SMILES string of the molecule is CC1(O)CCCN(c2ccc(N)c(C(=O)O)c2)C1. The van der Waals surface area contributed by atoms with E-state index in [2.05, 4.69) is 0 Å². The van der Waals surface area contributed by atoms with Crippen LogP contribution in [0.2, 0.25) is 0 Å². The lowest BCUT2D eigenvalue weighted by atomic mass is 9.94. The molecule has 5 heteroatoms. The van der Waals surface area contributed by atoms with Gasteiger partial charge in [-0.3, -0.25) is 0 Å². The predicted octanol–water partition coefficient (Wildman–Crippen LogP) is 1.32. The number of aliphatic hydroxyl groups is 1. The van der Waals surface area contributed by atoms with Crippen molar-refractivity contribution in [1.82, 2.24) is 0 Å². The number of nitrogens with zero attached hydrogens (tertiary/aromatic N) is 1. The molecule has 1 atom stereocenters. The molecule has 0 amide bonds. The van der Waals surface area contributed by atoms with Crippen LogP contribution in [0.15, 0.2) is 18.2 Å². The molecule has 18 heavy (non-hydrogen) atoms. The van der Waals surface area contributed by atoms with Crippen LogP contribution in [0.25, 0.3) is 0 Å². The number of nitrogen functional groups attached to an aromatic ring is 1. The summed E-state index contributed by atoms with van der Waals surface area (Å²) in [5, 5.41) is 19.1. The number of β-amino-alcohol motifs (C(OH)–C–C–N with tert-alkyl or cyclic N) is 1. The first kappa shape index (κ1) is 12.7. The number of rotatable bonds is 2. The van der Waals surface area contributed by atoms with Crippen LogP contribution in [-0.4, -0.2) is 34.9 Å². The molecule has 1 fully saturated rings. The highest BCUT2D eigenvalue weighted by Crippen LogP contribution is 2.27. The van der Waals surface area contributed by atoms with Crippen LogP contribution in [0.3, 0.4) is 0 Å². The lowest BCUT2D eigenvalue weighted by Crippen LogP contribution is -2.46. The van der Waals surface area contributed by atoms with E-state index in [1.807, 2.05) is 4.90 Å². The maximum atomic E-state index is 11.0. The smallest absolute Gasteiger partial charge is 0.337 e. The second kappa shape index (κ2) is 4.49. The summed E-state index contributed by atoms with van der Waals surface area (Å²) in [5.41, 5.74) is 6.07. The molecule has 1 heterocycles. The topological polar surface area (TPSA) is 86.8 Å². The van der Waals surface area contributed by atoms with Crippen molar-refractivity contribution >= 4 is 17.3 Å². The summed E-state index contributed by atoms with van der Waals surface area (Å²) in [7, 11) is 0. The van der Waals surface area contributed by atoms with Gasteiger partial charge in [-0.2, -0.15) is 0 Å². The minimum absolute atomic E-state index is 0.109. The van der Waals surface area contributed by atoms with E-state index in [0.717, 1.165) is 25.1 Å². The van der Waals surface area contributed by atoms with Gasteiger partial charge in [-0.15, -0.1) is 0 Å². The van der Waals surface area contributed by atoms with Crippen molar-refractivity contribution in [1.29, 1.82) is 0 Å². The number of piperidine rings is 1. The van der Waals surface area contributed by atoms with E-state index in [1.165, 1.54) is 0 Å². The molecular weight excluding hydrogens is 232 g/mol. The third-order valence-corrected chi connectivity index (χ3v) is 3.31. The third-order valence-electron chi connectivity index (χ3n) is 3.31. The van der Waals surface area contributed by atoms with E-state index >= 15 is 0 Å². The Labute approximate surface area is 106 Å². The van der Waals surface area contributed by atoms with Crippen LogP contribution >= 0.6 is 0 Å². The van der Waals surface area contributed by atoms with E-state index in [0.29, 0.717) is 6.54 Å². The molecule has 0 aliphatic carbocycles. The Kier molecular flexibility index (Phi) is 3.17. The first-order chi connectivity index (χ1) is 8.39. The van der Waals surface area contributed by atoms with Gasteiger partial charge in [0.2, 0.25) is 0 Å². The fourth-order valence-electron chi connectivity index (χ4n) is 2.37. The summed E-state index contributed by atoms with van der Waals surface area (Å²) in [6.45, 7) is 3.13. The molecule has 0 spiro atoms. The zero-order chi connectivity index (χ0) is 13.3. The molecule has 0 saturated carbocycles. The van der Waals surface area contributed by atoms with Gasteiger partial charge >= 0.3 is 5.97 Å². The van der Waals surface area contributed by atoms with Crippen molar-refractivity contribution in [2.75, 3.05) is 23.7 Å². The van der Waals surface area contributed by atoms with Crippen LogP contribution in [-0.2, 0) is 0 Å². The molecular formula is C13H18N2O3. The van der Waals surface area contributed by atoms with Crippen molar-refractivity contribution in [2.24, 2.45) is 0 Å². The van der Waals surface area contributed by atoms with Crippen LogP contribution in [0, 0.1) is 0 Å². The van der Waals surface area contributed by atoms with E-state index < -0.39 is 11.6 Å². The van der Waals surface area contributed by atoms with Gasteiger partial charge in [0.05, 0.1) is 11.2 Å².